The number of nitrogens with one attached hydrogen (secondary N) is 2. The Labute approximate surface area is 164 Å². The lowest BCUT2D eigenvalue weighted by Gasteiger charge is -2.36. The summed E-state index contributed by atoms with van der Waals surface area (Å²) >= 11 is 0. The molecule has 0 spiro atoms. The maximum Gasteiger partial charge on any atom is 0.317 e. The zero-order valence-corrected chi connectivity index (χ0v) is 16.5. The van der Waals surface area contributed by atoms with Gasteiger partial charge in [-0.05, 0) is 18.2 Å². The molecule has 2 N–H and O–H groups in total. The molecular formula is C19H27N5O4. The fourth-order valence-corrected chi connectivity index (χ4v) is 3.34. The van der Waals surface area contributed by atoms with Crippen LogP contribution in [0.3, 0.4) is 0 Å². The van der Waals surface area contributed by atoms with E-state index in [0.717, 1.165) is 5.69 Å². The van der Waals surface area contributed by atoms with Gasteiger partial charge < -0.3 is 30.1 Å². The zero-order valence-electron chi connectivity index (χ0n) is 16.5. The third kappa shape index (κ3) is 4.29. The van der Waals surface area contributed by atoms with Gasteiger partial charge >= 0.3 is 6.03 Å². The molecule has 2 aliphatic heterocycles. The quantitative estimate of drug-likeness (QED) is 0.721. The molecule has 0 unspecified atom stereocenters. The lowest BCUT2D eigenvalue weighted by atomic mass is 10.1. The van der Waals surface area contributed by atoms with E-state index < -0.39 is 0 Å². The topological polar surface area (TPSA) is 94.2 Å². The van der Waals surface area contributed by atoms with Crippen LogP contribution in [-0.2, 0) is 4.79 Å². The smallest absolute Gasteiger partial charge is 0.317 e. The lowest BCUT2D eigenvalue weighted by molar-refractivity contribution is -0.121. The number of amides is 4. The molecule has 0 bridgehead atoms. The number of anilines is 1. The van der Waals surface area contributed by atoms with Crippen molar-refractivity contribution in [3.8, 4) is 5.75 Å². The first kappa shape index (κ1) is 19.8. The number of rotatable bonds is 6. The maximum absolute atomic E-state index is 12.3. The van der Waals surface area contributed by atoms with Gasteiger partial charge in [0.2, 0.25) is 5.91 Å². The van der Waals surface area contributed by atoms with Gasteiger partial charge in [0, 0.05) is 52.9 Å². The van der Waals surface area contributed by atoms with Crippen LogP contribution in [0, 0.1) is 0 Å². The van der Waals surface area contributed by atoms with Gasteiger partial charge in [-0.2, -0.15) is 0 Å². The summed E-state index contributed by atoms with van der Waals surface area (Å²) in [5.74, 6) is 0.528. The fourth-order valence-electron chi connectivity index (χ4n) is 3.34. The molecule has 0 aromatic heterocycles. The molecule has 1 aromatic rings. The van der Waals surface area contributed by atoms with E-state index in [1.807, 2.05) is 11.9 Å². The van der Waals surface area contributed by atoms with Crippen molar-refractivity contribution in [2.45, 2.75) is 12.5 Å². The van der Waals surface area contributed by atoms with Gasteiger partial charge in [0.05, 0.1) is 18.2 Å². The Morgan fingerprint density at radius 3 is 2.82 bits per heavy atom. The van der Waals surface area contributed by atoms with E-state index in [4.69, 9.17) is 4.74 Å². The van der Waals surface area contributed by atoms with E-state index in [1.165, 1.54) is 4.90 Å². The summed E-state index contributed by atoms with van der Waals surface area (Å²) in [6.45, 7) is 2.62. The molecule has 28 heavy (non-hydrogen) atoms. The highest BCUT2D eigenvalue weighted by atomic mass is 16.5. The SMILES string of the molecule is CN(C)C(=O)c1ccc2c(c1)N(C)[C@@H](CC(=O)NCCN1CCNC1=O)CO2. The average Bonchev–Trinajstić information content (AvgIpc) is 3.08. The van der Waals surface area contributed by atoms with Crippen LogP contribution in [-0.4, -0.2) is 87.6 Å². The first-order chi connectivity index (χ1) is 13.4. The number of hydrogen-bond donors (Lipinski definition) is 2. The molecule has 1 atom stereocenters. The van der Waals surface area contributed by atoms with Gasteiger partial charge in [-0.15, -0.1) is 0 Å². The van der Waals surface area contributed by atoms with E-state index >= 15 is 0 Å². The highest BCUT2D eigenvalue weighted by Gasteiger charge is 2.28. The number of carbonyl (C=O) groups excluding carboxylic acids is 3. The number of carbonyl (C=O) groups is 3. The van der Waals surface area contributed by atoms with Crippen LogP contribution in [0.1, 0.15) is 16.8 Å². The van der Waals surface area contributed by atoms with E-state index in [9.17, 15) is 14.4 Å². The van der Waals surface area contributed by atoms with Crippen molar-refractivity contribution in [1.29, 1.82) is 0 Å². The number of ether oxygens (including phenoxy) is 1. The van der Waals surface area contributed by atoms with Crippen LogP contribution in [0.5, 0.6) is 5.75 Å². The van der Waals surface area contributed by atoms with Gasteiger partial charge in [0.25, 0.3) is 5.91 Å². The summed E-state index contributed by atoms with van der Waals surface area (Å²) < 4.78 is 5.79. The van der Waals surface area contributed by atoms with Crippen molar-refractivity contribution in [3.63, 3.8) is 0 Å². The van der Waals surface area contributed by atoms with Crippen LogP contribution in [0.2, 0.25) is 0 Å². The normalized spacial score (nSPS) is 18.2. The first-order valence-electron chi connectivity index (χ1n) is 9.37. The molecule has 0 radical (unpaired) electrons. The van der Waals surface area contributed by atoms with Gasteiger partial charge in [-0.25, -0.2) is 4.79 Å². The minimum atomic E-state index is -0.132. The molecular weight excluding hydrogens is 362 g/mol. The van der Waals surface area contributed by atoms with Crippen molar-refractivity contribution in [3.05, 3.63) is 23.8 Å². The summed E-state index contributed by atoms with van der Waals surface area (Å²) in [5, 5.41) is 5.59. The third-order valence-corrected chi connectivity index (χ3v) is 5.04. The van der Waals surface area contributed by atoms with Crippen LogP contribution < -0.4 is 20.3 Å². The molecule has 9 heteroatoms. The number of likely N-dealkylation sites (N-methyl/N-ethyl adjacent to an activating group) is 1. The Morgan fingerprint density at radius 2 is 2.14 bits per heavy atom. The minimum absolute atomic E-state index is 0.0815. The molecule has 152 valence electrons. The lowest BCUT2D eigenvalue weighted by Crippen LogP contribution is -2.45. The highest BCUT2D eigenvalue weighted by Crippen LogP contribution is 2.34. The van der Waals surface area contributed by atoms with Gasteiger partial charge in [-0.3, -0.25) is 9.59 Å². The molecule has 1 saturated heterocycles. The number of nitrogens with zero attached hydrogens (tertiary/aromatic N) is 3. The minimum Gasteiger partial charge on any atom is -0.489 e. The predicted octanol–water partition coefficient (Wildman–Crippen LogP) is 0.117. The van der Waals surface area contributed by atoms with Gasteiger partial charge in [0.15, 0.2) is 0 Å². The molecule has 2 heterocycles. The molecule has 4 amide bonds. The van der Waals surface area contributed by atoms with E-state index in [-0.39, 0.29) is 30.3 Å². The van der Waals surface area contributed by atoms with Crippen molar-refractivity contribution in [1.82, 2.24) is 20.4 Å². The van der Waals surface area contributed by atoms with Gasteiger partial charge in [0.1, 0.15) is 12.4 Å². The van der Waals surface area contributed by atoms with Crippen LogP contribution in [0.15, 0.2) is 18.2 Å². The highest BCUT2D eigenvalue weighted by molar-refractivity contribution is 5.95. The summed E-state index contributed by atoms with van der Waals surface area (Å²) in [6, 6.07) is 5.12. The Bertz CT molecular complexity index is 767. The molecule has 3 rings (SSSR count). The maximum atomic E-state index is 12.3. The second kappa shape index (κ2) is 8.37. The molecule has 9 nitrogen and oxygen atoms in total. The Morgan fingerprint density at radius 1 is 1.36 bits per heavy atom. The Kier molecular flexibility index (Phi) is 5.91. The van der Waals surface area contributed by atoms with Crippen LogP contribution in [0.25, 0.3) is 0 Å². The molecule has 0 aliphatic carbocycles. The van der Waals surface area contributed by atoms with Crippen LogP contribution >= 0.6 is 0 Å². The Balaban J connectivity index is 1.56. The number of benzene rings is 1. The van der Waals surface area contributed by atoms with Crippen molar-refractivity contribution in [2.24, 2.45) is 0 Å². The molecule has 1 aromatic carbocycles. The number of hydrogen-bond acceptors (Lipinski definition) is 5. The molecule has 0 saturated carbocycles. The number of fused-ring (bicyclic) bond motifs is 1. The third-order valence-electron chi connectivity index (χ3n) is 5.04. The van der Waals surface area contributed by atoms with Crippen molar-refractivity contribution >= 4 is 23.5 Å². The van der Waals surface area contributed by atoms with E-state index in [1.54, 1.807) is 37.2 Å². The summed E-state index contributed by atoms with van der Waals surface area (Å²) in [7, 11) is 5.32. The summed E-state index contributed by atoms with van der Waals surface area (Å²) in [4.78, 5) is 41.2. The molecule has 1 fully saturated rings. The van der Waals surface area contributed by atoms with Crippen LogP contribution in [0.4, 0.5) is 10.5 Å². The average molecular weight is 389 g/mol. The van der Waals surface area contributed by atoms with E-state index in [2.05, 4.69) is 10.6 Å². The standard InChI is InChI=1S/C19H27N5O4/c1-22(2)18(26)13-4-5-16-15(10-13)23(3)14(12-28-16)11-17(25)20-6-8-24-9-7-21-19(24)27/h4-5,10,14H,6-9,11-12H2,1-3H3,(H,20,25)(H,21,27)/t14-/m0/s1. The summed E-state index contributed by atoms with van der Waals surface area (Å²) in [5.41, 5.74) is 1.37. The number of urea groups is 1. The van der Waals surface area contributed by atoms with E-state index in [0.29, 0.717) is 44.1 Å². The monoisotopic (exact) mass is 389 g/mol. The fraction of sp³-hybridized carbons (Fsp3) is 0.526. The zero-order chi connectivity index (χ0) is 20.3. The van der Waals surface area contributed by atoms with Gasteiger partial charge in [-0.1, -0.05) is 0 Å². The van der Waals surface area contributed by atoms with Crippen molar-refractivity contribution in [2.75, 3.05) is 58.8 Å². The Hall–Kier alpha value is -2.97. The largest absolute Gasteiger partial charge is 0.489 e. The predicted molar refractivity (Wildman–Crippen MR) is 105 cm³/mol. The first-order valence-corrected chi connectivity index (χ1v) is 9.37. The van der Waals surface area contributed by atoms with Crippen molar-refractivity contribution < 1.29 is 19.1 Å². The second-order valence-corrected chi connectivity index (χ2v) is 7.23. The molecule has 2 aliphatic rings. The summed E-state index contributed by atoms with van der Waals surface area (Å²) in [6.07, 6.45) is 0.272. The second-order valence-electron chi connectivity index (χ2n) is 7.23.